The molecule has 1 aliphatic heterocycles. The number of rotatable bonds is 7. The maximum atomic E-state index is 13.9. The van der Waals surface area contributed by atoms with Crippen LogP contribution in [0.25, 0.3) is 0 Å². The number of furan rings is 1. The normalized spacial score (nSPS) is 34.7. The van der Waals surface area contributed by atoms with E-state index in [2.05, 4.69) is 0 Å². The fourth-order valence-electron chi connectivity index (χ4n) is 8.25. The summed E-state index contributed by atoms with van der Waals surface area (Å²) in [6, 6.07) is 17.6. The molecule has 2 aromatic carbocycles. The summed E-state index contributed by atoms with van der Waals surface area (Å²) >= 11 is 0. The molecule has 3 aromatic rings. The van der Waals surface area contributed by atoms with Crippen molar-refractivity contribution in [1.82, 2.24) is 0 Å². The molecule has 1 aromatic heterocycles. The zero-order chi connectivity index (χ0) is 34.6. The van der Waals surface area contributed by atoms with Gasteiger partial charge >= 0.3 is 23.9 Å². The number of carbonyl (C=O) groups excluding carboxylic acids is 4. The van der Waals surface area contributed by atoms with Gasteiger partial charge in [-0.15, -0.1) is 0 Å². The number of esters is 4. The van der Waals surface area contributed by atoms with Gasteiger partial charge in [0.05, 0.1) is 51.6 Å². The van der Waals surface area contributed by atoms with E-state index < -0.39 is 82.5 Å². The Kier molecular flexibility index (Phi) is 8.25. The molecule has 2 saturated carbocycles. The van der Waals surface area contributed by atoms with Crippen molar-refractivity contribution < 1.29 is 57.5 Å². The van der Waals surface area contributed by atoms with Crippen LogP contribution < -0.4 is 0 Å². The number of carbonyl (C=O) groups is 4. The Bertz CT molecular complexity index is 1680. The summed E-state index contributed by atoms with van der Waals surface area (Å²) < 4.78 is 36.0. The third-order valence-electron chi connectivity index (χ3n) is 10.2. The molecule has 3 aliphatic rings. The first-order chi connectivity index (χ1) is 22.6. The second kappa shape index (κ2) is 11.9. The van der Waals surface area contributed by atoms with E-state index in [1.807, 2.05) is 0 Å². The number of hydrogen-bond donors (Lipinski definition) is 2. The molecule has 6 rings (SSSR count). The van der Waals surface area contributed by atoms with Crippen molar-refractivity contribution in [2.45, 2.75) is 88.4 Å². The van der Waals surface area contributed by atoms with E-state index in [1.54, 1.807) is 62.4 Å². The van der Waals surface area contributed by atoms with Crippen LogP contribution in [-0.4, -0.2) is 81.4 Å². The van der Waals surface area contributed by atoms with Gasteiger partial charge < -0.3 is 38.3 Å². The van der Waals surface area contributed by atoms with Crippen molar-refractivity contribution in [3.8, 4) is 0 Å². The number of hydrogen-bond acceptors (Lipinski definition) is 12. The molecule has 12 nitrogen and oxygen atoms in total. The van der Waals surface area contributed by atoms with Crippen LogP contribution in [0.1, 0.15) is 72.1 Å². The molecule has 9 unspecified atom stereocenters. The molecule has 2 aliphatic carbocycles. The molecule has 9 atom stereocenters. The topological polar surface area (TPSA) is 168 Å². The number of benzene rings is 2. The van der Waals surface area contributed by atoms with E-state index in [4.69, 9.17) is 28.1 Å². The summed E-state index contributed by atoms with van der Waals surface area (Å²) in [7, 11) is 0. The van der Waals surface area contributed by atoms with Crippen molar-refractivity contribution in [2.75, 3.05) is 0 Å². The van der Waals surface area contributed by atoms with Crippen molar-refractivity contribution in [2.24, 2.45) is 11.3 Å². The largest absolute Gasteiger partial charge is 0.472 e. The lowest BCUT2D eigenvalue weighted by Gasteiger charge is -2.65. The Balaban J connectivity index is 1.56. The molecule has 254 valence electrons. The van der Waals surface area contributed by atoms with E-state index >= 15 is 0 Å². The summed E-state index contributed by atoms with van der Waals surface area (Å²) in [5.74, 6) is -4.27. The van der Waals surface area contributed by atoms with Gasteiger partial charge in [0.15, 0.2) is 12.2 Å². The van der Waals surface area contributed by atoms with Crippen LogP contribution in [0.3, 0.4) is 0 Å². The fourth-order valence-corrected chi connectivity index (χ4v) is 8.25. The van der Waals surface area contributed by atoms with E-state index in [-0.39, 0.29) is 23.1 Å². The lowest BCUT2D eigenvalue weighted by molar-refractivity contribution is -0.349. The van der Waals surface area contributed by atoms with Crippen LogP contribution in [0.4, 0.5) is 0 Å². The van der Waals surface area contributed by atoms with Crippen molar-refractivity contribution in [3.05, 3.63) is 95.9 Å². The van der Waals surface area contributed by atoms with Crippen LogP contribution in [0.5, 0.6) is 0 Å². The smallest absolute Gasteiger partial charge is 0.341 e. The number of ether oxygens (including phenoxy) is 5. The van der Waals surface area contributed by atoms with Gasteiger partial charge in [0.2, 0.25) is 0 Å². The Morgan fingerprint density at radius 2 is 1.31 bits per heavy atom. The van der Waals surface area contributed by atoms with E-state index in [9.17, 15) is 29.4 Å². The highest BCUT2D eigenvalue weighted by Crippen LogP contribution is 2.68. The lowest BCUT2D eigenvalue weighted by atomic mass is 9.46. The highest BCUT2D eigenvalue weighted by atomic mass is 16.6. The second-order valence-corrected chi connectivity index (χ2v) is 13.6. The Hall–Kier alpha value is -4.52. The SMILES string of the molecule is CC(=O)OC1C(OC(=O)c2ccoc2)CC(C)(O)C23OC(C)(C)C(C(OC(=O)c4ccccc4)C(OC(=O)c4ccccc4)C12C)C3O. The zero-order valence-corrected chi connectivity index (χ0v) is 27.2. The number of fused-ring (bicyclic) bond motifs is 1. The minimum absolute atomic E-state index is 0.0605. The first kappa shape index (κ1) is 33.4. The molecule has 2 bridgehead atoms. The maximum Gasteiger partial charge on any atom is 0.341 e. The number of aliphatic hydroxyl groups excluding tert-OH is 1. The predicted molar refractivity (Wildman–Crippen MR) is 165 cm³/mol. The number of aliphatic hydroxyl groups is 2. The molecule has 12 heteroatoms. The monoisotopic (exact) mass is 662 g/mol. The summed E-state index contributed by atoms with van der Waals surface area (Å²) in [6.45, 7) is 7.42. The molecule has 1 spiro atoms. The molecule has 0 amide bonds. The molecule has 48 heavy (non-hydrogen) atoms. The standard InChI is InChI=1S/C36H38O12/c1-20(37)44-28-24(45-32(41)23-16-17-43-19-23)18-34(4,42)36-27(38)25(33(2,3)48-36)26(46-30(39)21-12-8-6-9-13-21)29(35(28,36)5)47-31(40)22-14-10-7-11-15-22/h6-17,19,24-29,38,42H,18H2,1-5H3. The molecule has 2 N–H and O–H groups in total. The Morgan fingerprint density at radius 1 is 0.750 bits per heavy atom. The van der Waals surface area contributed by atoms with Gasteiger partial charge in [0, 0.05) is 13.3 Å². The van der Waals surface area contributed by atoms with E-state index in [0.29, 0.717) is 0 Å². The second-order valence-electron chi connectivity index (χ2n) is 13.6. The molecule has 0 radical (unpaired) electrons. The van der Waals surface area contributed by atoms with Gasteiger partial charge in [-0.3, -0.25) is 4.79 Å². The van der Waals surface area contributed by atoms with Crippen molar-refractivity contribution >= 4 is 23.9 Å². The minimum Gasteiger partial charge on any atom is -0.472 e. The molecular formula is C36H38O12. The Labute approximate surface area is 276 Å². The molecule has 1 saturated heterocycles. The van der Waals surface area contributed by atoms with Gasteiger partial charge in [-0.25, -0.2) is 14.4 Å². The first-order valence-corrected chi connectivity index (χ1v) is 15.7. The van der Waals surface area contributed by atoms with Crippen LogP contribution in [0.15, 0.2) is 83.7 Å². The average Bonchev–Trinajstić information content (AvgIpc) is 3.64. The highest BCUT2D eigenvalue weighted by molar-refractivity contribution is 5.91. The fraction of sp³-hybridized carbons (Fsp3) is 0.444. The van der Waals surface area contributed by atoms with Gasteiger partial charge in [-0.05, 0) is 58.0 Å². The van der Waals surface area contributed by atoms with Gasteiger partial charge in [0.25, 0.3) is 0 Å². The van der Waals surface area contributed by atoms with Crippen LogP contribution in [-0.2, 0) is 28.5 Å². The summed E-state index contributed by atoms with van der Waals surface area (Å²) in [6.07, 6.45) is -5.25. The predicted octanol–water partition coefficient (Wildman–Crippen LogP) is 3.89. The van der Waals surface area contributed by atoms with Crippen molar-refractivity contribution in [1.29, 1.82) is 0 Å². The van der Waals surface area contributed by atoms with Crippen molar-refractivity contribution in [3.63, 3.8) is 0 Å². The summed E-state index contributed by atoms with van der Waals surface area (Å²) in [5.41, 5.74) is -6.82. The molecule has 2 heterocycles. The third-order valence-corrected chi connectivity index (χ3v) is 10.2. The first-order valence-electron chi connectivity index (χ1n) is 15.7. The summed E-state index contributed by atoms with van der Waals surface area (Å²) in [4.78, 5) is 53.7. The van der Waals surface area contributed by atoms with Gasteiger partial charge in [-0.2, -0.15) is 0 Å². The van der Waals surface area contributed by atoms with E-state index in [0.717, 1.165) is 6.92 Å². The third kappa shape index (κ3) is 5.10. The van der Waals surface area contributed by atoms with Gasteiger partial charge in [-0.1, -0.05) is 36.4 Å². The average molecular weight is 663 g/mol. The maximum absolute atomic E-state index is 13.9. The Morgan fingerprint density at radius 3 is 1.85 bits per heavy atom. The van der Waals surface area contributed by atoms with Crippen LogP contribution in [0.2, 0.25) is 0 Å². The van der Waals surface area contributed by atoms with E-state index in [1.165, 1.54) is 44.6 Å². The zero-order valence-electron chi connectivity index (χ0n) is 27.2. The van der Waals surface area contributed by atoms with Crippen LogP contribution in [0, 0.1) is 11.3 Å². The molecule has 3 fully saturated rings. The van der Waals surface area contributed by atoms with Crippen LogP contribution >= 0.6 is 0 Å². The minimum atomic E-state index is -2.01. The summed E-state index contributed by atoms with van der Waals surface area (Å²) in [5, 5.41) is 24.8. The molecular weight excluding hydrogens is 624 g/mol. The van der Waals surface area contributed by atoms with Gasteiger partial charge in [0.1, 0.15) is 24.1 Å². The highest BCUT2D eigenvalue weighted by Gasteiger charge is 2.86. The quantitative estimate of drug-likeness (QED) is 0.277. The lowest BCUT2D eigenvalue weighted by Crippen LogP contribution is -2.83.